The third-order valence-electron chi connectivity index (χ3n) is 4.40. The lowest BCUT2D eigenvalue weighted by Crippen LogP contribution is -2.28. The van der Waals surface area contributed by atoms with Gasteiger partial charge < -0.3 is 9.64 Å². The van der Waals surface area contributed by atoms with Gasteiger partial charge in [0.05, 0.1) is 6.54 Å². The summed E-state index contributed by atoms with van der Waals surface area (Å²) in [6.45, 7) is 18.0. The minimum Gasteiger partial charge on any atom is -0.492 e. The molecule has 0 aliphatic heterocycles. The fourth-order valence-electron chi connectivity index (χ4n) is 2.95. The average Bonchev–Trinajstić information content (AvgIpc) is 2.60. The van der Waals surface area contributed by atoms with Crippen LogP contribution in [-0.2, 0) is 0 Å². The summed E-state index contributed by atoms with van der Waals surface area (Å²) in [6.07, 6.45) is 2.65. The van der Waals surface area contributed by atoms with E-state index in [2.05, 4.69) is 89.8 Å². The van der Waals surface area contributed by atoms with Crippen LogP contribution in [0.3, 0.4) is 0 Å². The minimum absolute atomic E-state index is 0.550. The second-order valence-electron chi connectivity index (χ2n) is 8.39. The quantitative estimate of drug-likeness (QED) is 0.519. The van der Waals surface area contributed by atoms with Crippen molar-refractivity contribution < 1.29 is 4.74 Å². The van der Waals surface area contributed by atoms with Crippen molar-refractivity contribution in [1.82, 2.24) is 0 Å². The Morgan fingerprint density at radius 1 is 0.889 bits per heavy atom. The van der Waals surface area contributed by atoms with Gasteiger partial charge in [-0.1, -0.05) is 63.9 Å². The van der Waals surface area contributed by atoms with Crippen LogP contribution in [0.4, 0.5) is 5.69 Å². The molecule has 0 saturated carbocycles. The summed E-state index contributed by atoms with van der Waals surface area (Å²) in [5.41, 5.74) is 4.36. The number of hydrogen-bond donors (Lipinski definition) is 0. The third-order valence-corrected chi connectivity index (χ3v) is 4.40. The zero-order valence-corrected chi connectivity index (χ0v) is 18.5. The maximum absolute atomic E-state index is 5.80. The molecule has 0 fully saturated rings. The molecular formula is C25H39NO. The van der Waals surface area contributed by atoms with Crippen molar-refractivity contribution in [2.24, 2.45) is 5.41 Å². The van der Waals surface area contributed by atoms with Gasteiger partial charge in [-0.3, -0.25) is 0 Å². The fourth-order valence-corrected chi connectivity index (χ4v) is 2.95. The highest BCUT2D eigenvalue weighted by Crippen LogP contribution is 2.19. The first-order valence-electron chi connectivity index (χ1n) is 10.3. The van der Waals surface area contributed by atoms with E-state index in [0.29, 0.717) is 12.0 Å². The van der Waals surface area contributed by atoms with Crippen molar-refractivity contribution in [1.29, 1.82) is 0 Å². The van der Waals surface area contributed by atoms with Crippen molar-refractivity contribution in [3.63, 3.8) is 0 Å². The lowest BCUT2D eigenvalue weighted by atomic mass is 9.91. The maximum Gasteiger partial charge on any atom is 0.119 e. The second-order valence-corrected chi connectivity index (χ2v) is 8.39. The first-order valence-corrected chi connectivity index (χ1v) is 10.3. The van der Waals surface area contributed by atoms with Crippen LogP contribution in [0.15, 0.2) is 48.5 Å². The van der Waals surface area contributed by atoms with Gasteiger partial charge in [0.25, 0.3) is 0 Å². The van der Waals surface area contributed by atoms with Crippen LogP contribution < -0.4 is 9.64 Å². The molecule has 0 aromatic heterocycles. The van der Waals surface area contributed by atoms with Crippen LogP contribution in [0, 0.1) is 19.3 Å². The number of aryl methyl sites for hydroxylation is 2. The van der Waals surface area contributed by atoms with E-state index in [1.54, 1.807) is 0 Å². The van der Waals surface area contributed by atoms with Gasteiger partial charge in [0.1, 0.15) is 12.4 Å². The molecule has 27 heavy (non-hydrogen) atoms. The largest absolute Gasteiger partial charge is 0.492 e. The summed E-state index contributed by atoms with van der Waals surface area (Å²) in [5.74, 6) is 0.941. The Labute approximate surface area is 167 Å². The fraction of sp³-hybridized carbons (Fsp3) is 0.520. The molecule has 2 nitrogen and oxygen atoms in total. The van der Waals surface area contributed by atoms with Gasteiger partial charge in [0.2, 0.25) is 0 Å². The van der Waals surface area contributed by atoms with E-state index in [1.165, 1.54) is 29.7 Å². The summed E-state index contributed by atoms with van der Waals surface area (Å²) in [4.78, 5) is 2.33. The topological polar surface area (TPSA) is 12.5 Å². The van der Waals surface area contributed by atoms with E-state index >= 15 is 0 Å². The Hall–Kier alpha value is -1.96. The molecule has 2 heteroatoms. The predicted octanol–water partition coefficient (Wildman–Crippen LogP) is 7.04. The number of anilines is 1. The molecule has 0 radical (unpaired) electrons. The van der Waals surface area contributed by atoms with Crippen molar-refractivity contribution >= 4 is 5.69 Å². The lowest BCUT2D eigenvalue weighted by molar-refractivity contribution is 0.324. The Morgan fingerprint density at radius 2 is 1.56 bits per heavy atom. The second kappa shape index (κ2) is 11.7. The molecule has 0 atom stereocenters. The molecule has 0 aliphatic carbocycles. The van der Waals surface area contributed by atoms with Crippen LogP contribution >= 0.6 is 0 Å². The van der Waals surface area contributed by atoms with Gasteiger partial charge in [-0.25, -0.2) is 0 Å². The third kappa shape index (κ3) is 10.1. The molecule has 0 saturated heterocycles. The van der Waals surface area contributed by atoms with E-state index in [-0.39, 0.29) is 0 Å². The van der Waals surface area contributed by atoms with Gasteiger partial charge in [0.15, 0.2) is 0 Å². The lowest BCUT2D eigenvalue weighted by Gasteiger charge is -2.23. The zero-order valence-electron chi connectivity index (χ0n) is 18.5. The van der Waals surface area contributed by atoms with E-state index in [0.717, 1.165) is 18.8 Å². The highest BCUT2D eigenvalue weighted by molar-refractivity contribution is 5.48. The van der Waals surface area contributed by atoms with Crippen molar-refractivity contribution in [3.05, 3.63) is 59.7 Å². The minimum atomic E-state index is 0.550. The normalized spacial score (nSPS) is 10.8. The number of likely N-dealkylation sites (N-methyl/N-ethyl adjacent to an activating group) is 1. The first-order chi connectivity index (χ1) is 12.7. The SMILES string of the molecule is CCCC(C)(C)C.CCN(CCOc1ccc(C)cc1)c1cccc(C)c1. The Morgan fingerprint density at radius 3 is 2.04 bits per heavy atom. The van der Waals surface area contributed by atoms with E-state index in [1.807, 2.05) is 12.1 Å². The molecule has 0 spiro atoms. The Kier molecular flexibility index (Phi) is 9.99. The summed E-state index contributed by atoms with van der Waals surface area (Å²) < 4.78 is 5.80. The van der Waals surface area contributed by atoms with E-state index in [4.69, 9.17) is 4.74 Å². The van der Waals surface area contributed by atoms with Crippen LogP contribution in [0.1, 0.15) is 58.6 Å². The Balaban J connectivity index is 0.000000445. The van der Waals surface area contributed by atoms with Gasteiger partial charge in [-0.15, -0.1) is 0 Å². The van der Waals surface area contributed by atoms with Crippen molar-refractivity contribution in [2.45, 2.75) is 61.3 Å². The summed E-state index contributed by atoms with van der Waals surface area (Å²) in [7, 11) is 0. The monoisotopic (exact) mass is 369 g/mol. The molecule has 0 bridgehead atoms. The zero-order chi connectivity index (χ0) is 20.3. The van der Waals surface area contributed by atoms with Crippen LogP contribution in [-0.4, -0.2) is 19.7 Å². The standard InChI is InChI=1S/C18H23NO.C7H16/c1-4-19(17-7-5-6-16(3)14-17)12-13-20-18-10-8-15(2)9-11-18;1-5-6-7(2,3)4/h5-11,14H,4,12-13H2,1-3H3;5-6H2,1-4H3. The number of rotatable bonds is 7. The summed E-state index contributed by atoms with van der Waals surface area (Å²) in [6, 6.07) is 16.8. The number of ether oxygens (including phenoxy) is 1. The summed E-state index contributed by atoms with van der Waals surface area (Å²) in [5, 5.41) is 0. The molecule has 150 valence electrons. The van der Waals surface area contributed by atoms with Crippen molar-refractivity contribution in [2.75, 3.05) is 24.6 Å². The smallest absolute Gasteiger partial charge is 0.119 e. The Bertz CT molecular complexity index is 640. The van der Waals surface area contributed by atoms with Gasteiger partial charge >= 0.3 is 0 Å². The first kappa shape index (κ1) is 23.1. The number of nitrogens with zero attached hydrogens (tertiary/aromatic N) is 1. The van der Waals surface area contributed by atoms with Crippen molar-refractivity contribution in [3.8, 4) is 5.75 Å². The molecule has 2 aromatic rings. The number of benzene rings is 2. The van der Waals surface area contributed by atoms with Crippen LogP contribution in [0.5, 0.6) is 5.75 Å². The van der Waals surface area contributed by atoms with Crippen LogP contribution in [0.25, 0.3) is 0 Å². The number of hydrogen-bond acceptors (Lipinski definition) is 2. The molecule has 0 heterocycles. The maximum atomic E-state index is 5.80. The summed E-state index contributed by atoms with van der Waals surface area (Å²) >= 11 is 0. The molecule has 0 N–H and O–H groups in total. The molecule has 2 aromatic carbocycles. The molecular weight excluding hydrogens is 330 g/mol. The van der Waals surface area contributed by atoms with Gasteiger partial charge in [-0.2, -0.15) is 0 Å². The molecule has 0 aliphatic rings. The van der Waals surface area contributed by atoms with Gasteiger partial charge in [-0.05, 0) is 62.4 Å². The average molecular weight is 370 g/mol. The molecule has 0 unspecified atom stereocenters. The highest BCUT2D eigenvalue weighted by atomic mass is 16.5. The van der Waals surface area contributed by atoms with Crippen LogP contribution in [0.2, 0.25) is 0 Å². The van der Waals surface area contributed by atoms with Gasteiger partial charge in [0, 0.05) is 12.2 Å². The molecule has 2 rings (SSSR count). The highest BCUT2D eigenvalue weighted by Gasteiger charge is 2.06. The predicted molar refractivity (Wildman–Crippen MR) is 120 cm³/mol. The van der Waals surface area contributed by atoms with E-state index in [9.17, 15) is 0 Å². The molecule has 0 amide bonds. The van der Waals surface area contributed by atoms with E-state index < -0.39 is 0 Å².